The molecule has 1 unspecified atom stereocenters. The van der Waals surface area contributed by atoms with E-state index in [1.165, 1.54) is 24.3 Å². The van der Waals surface area contributed by atoms with E-state index in [0.717, 1.165) is 5.56 Å². The molecule has 2 N–H and O–H groups in total. The average molecular weight is 258 g/mol. The van der Waals surface area contributed by atoms with Crippen molar-refractivity contribution in [3.63, 3.8) is 0 Å². The van der Waals surface area contributed by atoms with E-state index in [0.29, 0.717) is 17.6 Å². The fraction of sp³-hybridized carbons (Fsp3) is 0.500. The Bertz CT molecular complexity index is 353. The molecule has 1 aromatic carbocycles. The second kappa shape index (κ2) is 5.80. The zero-order valence-electron chi connectivity index (χ0n) is 9.08. The summed E-state index contributed by atoms with van der Waals surface area (Å²) < 4.78 is 0. The number of hydrogen-bond donors (Lipinski definition) is 2. The second-order valence-corrected chi connectivity index (χ2v) is 5.60. The largest absolute Gasteiger partial charge is 0.506 e. The van der Waals surface area contributed by atoms with E-state index in [4.69, 9.17) is 11.6 Å². The SMILES string of the molecule is Oc1c(Cl)cccc1CNC1CCCSC1. The lowest BCUT2D eigenvalue weighted by Crippen LogP contribution is -2.33. The minimum Gasteiger partial charge on any atom is -0.506 e. The molecule has 88 valence electrons. The molecule has 1 heterocycles. The Morgan fingerprint density at radius 3 is 3.12 bits per heavy atom. The molecule has 0 radical (unpaired) electrons. The Kier molecular flexibility index (Phi) is 4.38. The zero-order valence-corrected chi connectivity index (χ0v) is 10.7. The molecule has 0 amide bonds. The lowest BCUT2D eigenvalue weighted by atomic mass is 10.1. The van der Waals surface area contributed by atoms with Gasteiger partial charge >= 0.3 is 0 Å². The van der Waals surface area contributed by atoms with Gasteiger partial charge in [0.25, 0.3) is 0 Å². The number of aromatic hydroxyl groups is 1. The van der Waals surface area contributed by atoms with Gasteiger partial charge in [-0.2, -0.15) is 11.8 Å². The Morgan fingerprint density at radius 2 is 2.38 bits per heavy atom. The van der Waals surface area contributed by atoms with Crippen LogP contribution in [0.1, 0.15) is 18.4 Å². The molecular formula is C12H16ClNOS. The van der Waals surface area contributed by atoms with Crippen molar-refractivity contribution < 1.29 is 5.11 Å². The average Bonchev–Trinajstić information content (AvgIpc) is 2.32. The maximum absolute atomic E-state index is 9.75. The van der Waals surface area contributed by atoms with Crippen LogP contribution in [-0.4, -0.2) is 22.7 Å². The summed E-state index contributed by atoms with van der Waals surface area (Å²) in [4.78, 5) is 0. The fourth-order valence-electron chi connectivity index (χ4n) is 1.86. The maximum Gasteiger partial charge on any atom is 0.138 e. The van der Waals surface area contributed by atoms with Crippen molar-refractivity contribution in [2.24, 2.45) is 0 Å². The van der Waals surface area contributed by atoms with Crippen molar-refractivity contribution in [1.29, 1.82) is 0 Å². The van der Waals surface area contributed by atoms with E-state index in [2.05, 4.69) is 5.32 Å². The number of benzene rings is 1. The van der Waals surface area contributed by atoms with Crippen LogP contribution < -0.4 is 5.32 Å². The minimum atomic E-state index is 0.208. The van der Waals surface area contributed by atoms with Gasteiger partial charge in [-0.1, -0.05) is 23.7 Å². The summed E-state index contributed by atoms with van der Waals surface area (Å²) in [5.74, 6) is 2.65. The smallest absolute Gasteiger partial charge is 0.138 e. The lowest BCUT2D eigenvalue weighted by Gasteiger charge is -2.22. The summed E-state index contributed by atoms with van der Waals surface area (Å²) >= 11 is 7.85. The molecule has 4 heteroatoms. The number of thioether (sulfide) groups is 1. The first-order valence-corrected chi connectivity index (χ1v) is 7.08. The van der Waals surface area contributed by atoms with E-state index in [9.17, 15) is 5.11 Å². The quantitative estimate of drug-likeness (QED) is 0.873. The molecule has 1 atom stereocenters. The molecule has 0 bridgehead atoms. The van der Waals surface area contributed by atoms with Gasteiger partial charge in [0.05, 0.1) is 5.02 Å². The summed E-state index contributed by atoms with van der Waals surface area (Å²) in [6.45, 7) is 0.692. The number of halogens is 1. The molecular weight excluding hydrogens is 242 g/mol. The number of hydrogen-bond acceptors (Lipinski definition) is 3. The number of para-hydroxylation sites is 1. The van der Waals surface area contributed by atoms with Crippen molar-refractivity contribution >= 4 is 23.4 Å². The van der Waals surface area contributed by atoms with Crippen molar-refractivity contribution in [2.45, 2.75) is 25.4 Å². The summed E-state index contributed by atoms with van der Waals surface area (Å²) in [5, 5.41) is 13.6. The van der Waals surface area contributed by atoms with Crippen molar-refractivity contribution in [3.05, 3.63) is 28.8 Å². The Labute approximate surface area is 105 Å². The van der Waals surface area contributed by atoms with E-state index in [1.807, 2.05) is 23.9 Å². The van der Waals surface area contributed by atoms with Crippen LogP contribution in [0.15, 0.2) is 18.2 Å². The first-order valence-electron chi connectivity index (χ1n) is 5.55. The first-order chi connectivity index (χ1) is 7.77. The second-order valence-electron chi connectivity index (χ2n) is 4.04. The highest BCUT2D eigenvalue weighted by Gasteiger charge is 2.13. The molecule has 0 aromatic heterocycles. The molecule has 16 heavy (non-hydrogen) atoms. The summed E-state index contributed by atoms with van der Waals surface area (Å²) in [7, 11) is 0. The van der Waals surface area contributed by atoms with E-state index < -0.39 is 0 Å². The van der Waals surface area contributed by atoms with Gasteiger partial charge in [-0.15, -0.1) is 0 Å². The summed E-state index contributed by atoms with van der Waals surface area (Å²) in [6.07, 6.45) is 2.51. The predicted molar refractivity (Wildman–Crippen MR) is 70.3 cm³/mol. The number of phenols is 1. The van der Waals surface area contributed by atoms with Crippen LogP contribution in [0.3, 0.4) is 0 Å². The van der Waals surface area contributed by atoms with Crippen LogP contribution in [0, 0.1) is 0 Å². The molecule has 2 rings (SSSR count). The van der Waals surface area contributed by atoms with E-state index in [1.54, 1.807) is 6.07 Å². The van der Waals surface area contributed by atoms with Crippen LogP contribution in [-0.2, 0) is 6.54 Å². The van der Waals surface area contributed by atoms with E-state index >= 15 is 0 Å². The van der Waals surface area contributed by atoms with E-state index in [-0.39, 0.29) is 5.75 Å². The molecule has 1 aliphatic rings. The molecule has 0 aliphatic carbocycles. The Morgan fingerprint density at radius 1 is 1.50 bits per heavy atom. The molecule has 0 saturated carbocycles. The Balaban J connectivity index is 1.91. The minimum absolute atomic E-state index is 0.208. The van der Waals surface area contributed by atoms with Crippen LogP contribution in [0.5, 0.6) is 5.75 Å². The third kappa shape index (κ3) is 3.06. The molecule has 1 saturated heterocycles. The summed E-state index contributed by atoms with van der Waals surface area (Å²) in [5.41, 5.74) is 0.878. The van der Waals surface area contributed by atoms with Crippen LogP contribution in [0.2, 0.25) is 5.02 Å². The number of rotatable bonds is 3. The first kappa shape index (κ1) is 12.1. The lowest BCUT2D eigenvalue weighted by molar-refractivity contribution is 0.454. The molecule has 2 nitrogen and oxygen atoms in total. The normalized spacial score (nSPS) is 20.9. The van der Waals surface area contributed by atoms with Crippen molar-refractivity contribution in [2.75, 3.05) is 11.5 Å². The standard InChI is InChI=1S/C12H16ClNOS/c13-11-5-1-3-9(12(11)15)7-14-10-4-2-6-16-8-10/h1,3,5,10,14-15H,2,4,6-8H2. The summed E-state index contributed by atoms with van der Waals surface area (Å²) in [6, 6.07) is 6.05. The monoisotopic (exact) mass is 257 g/mol. The molecule has 1 aromatic rings. The van der Waals surface area contributed by atoms with Gasteiger partial charge in [0, 0.05) is 23.9 Å². The third-order valence-corrected chi connectivity index (χ3v) is 4.33. The highest BCUT2D eigenvalue weighted by atomic mass is 35.5. The van der Waals surface area contributed by atoms with Gasteiger partial charge in [0.1, 0.15) is 5.75 Å². The van der Waals surface area contributed by atoms with Crippen molar-refractivity contribution in [3.8, 4) is 5.75 Å². The maximum atomic E-state index is 9.75. The highest BCUT2D eigenvalue weighted by molar-refractivity contribution is 7.99. The van der Waals surface area contributed by atoms with Gasteiger partial charge in [-0.05, 0) is 24.7 Å². The topological polar surface area (TPSA) is 32.3 Å². The van der Waals surface area contributed by atoms with Gasteiger partial charge in [-0.25, -0.2) is 0 Å². The fourth-order valence-corrected chi connectivity index (χ4v) is 3.16. The van der Waals surface area contributed by atoms with Crippen LogP contribution >= 0.6 is 23.4 Å². The zero-order chi connectivity index (χ0) is 11.4. The molecule has 1 fully saturated rings. The highest BCUT2D eigenvalue weighted by Crippen LogP contribution is 2.27. The van der Waals surface area contributed by atoms with Gasteiger partial charge in [-0.3, -0.25) is 0 Å². The van der Waals surface area contributed by atoms with Gasteiger partial charge in [0.15, 0.2) is 0 Å². The third-order valence-electron chi connectivity index (χ3n) is 2.81. The van der Waals surface area contributed by atoms with Crippen molar-refractivity contribution in [1.82, 2.24) is 5.32 Å². The van der Waals surface area contributed by atoms with Gasteiger partial charge < -0.3 is 10.4 Å². The molecule has 0 spiro atoms. The number of phenolic OH excluding ortho intramolecular Hbond substituents is 1. The predicted octanol–water partition coefficient (Wildman–Crippen LogP) is 3.03. The number of nitrogens with one attached hydrogen (secondary N) is 1. The van der Waals surface area contributed by atoms with Gasteiger partial charge in [0.2, 0.25) is 0 Å². The Hall–Kier alpha value is -0.380. The van der Waals surface area contributed by atoms with Crippen LogP contribution in [0.25, 0.3) is 0 Å². The van der Waals surface area contributed by atoms with Crippen LogP contribution in [0.4, 0.5) is 0 Å². The molecule has 1 aliphatic heterocycles.